The zero-order chi connectivity index (χ0) is 93.9. The summed E-state index contributed by atoms with van der Waals surface area (Å²) >= 11 is 0. The van der Waals surface area contributed by atoms with Gasteiger partial charge < -0.3 is 163 Å². The minimum atomic E-state index is -1.50. The predicted molar refractivity (Wildman–Crippen MR) is 458 cm³/mol. The summed E-state index contributed by atoms with van der Waals surface area (Å²) in [7, 11) is 0. The van der Waals surface area contributed by atoms with Crippen LogP contribution in [0.4, 0.5) is 0 Å². The fraction of sp³-hybridized carbons (Fsp3) is 0.775. The molecule has 4 aliphatic rings. The van der Waals surface area contributed by atoms with Gasteiger partial charge in [-0.25, -0.2) is 0 Å². The van der Waals surface area contributed by atoms with E-state index in [0.717, 1.165) is 37.0 Å². The molecule has 48 nitrogen and oxygen atoms in total. The van der Waals surface area contributed by atoms with Crippen molar-refractivity contribution in [3.8, 4) is 0 Å². The van der Waals surface area contributed by atoms with E-state index in [2.05, 4.69) is 73.5 Å². The Hall–Kier alpha value is -8.58. The number of aliphatic imine (C=N–C) groups is 2. The molecule has 2 saturated heterocycles. The van der Waals surface area contributed by atoms with E-state index in [1.54, 1.807) is 0 Å². The third-order valence-electron chi connectivity index (χ3n) is 20.8. The number of rotatable bonds is 70. The van der Waals surface area contributed by atoms with Gasteiger partial charge in [0.05, 0.1) is 162 Å². The standard InChI is InChI=1S/C80H140N18O30/c1-52(102)91-69-59(42-55(46-99)72(112)75(69)115)88-43-56(95-81)49-124-39-36-121-33-30-118-27-23-85-63(106)16-19-80(94-66(109)13-11-9-7-5-4-6-8-10-12-62(105)84-22-26-98-67(110)14-15-68(98)111,20-17-64(107)86-24-28-119-31-34-122-37-40-125-50-57(96-82)44-89-78-70(92-53(2)103)76(116)73(113)60(47-100)127-78)21-18-65(108)87-25-29-120-32-35-123-38-41-126-51-58(97-83)45-90-79-71(93-54(3)104)77(117)74(114)61(48-101)128-79/h14-15,43-45,55,59-61,69-79,88,95,99-101,112-117H,4-13,16-42,46-51,81-83H2,1-3H3,(H,84,105)(H,85,106)(H,86,107)(H,87,108)(H,91,102)(H,92,103)(H,93,104)(H,94,109)/b56-43-,89-44?,90-45?,96-57?,97-58?/t55-,59?,60-,61-,69+,70-,71-,72+,73+,74+,75-,76-,77-,78-,79-,80?/m1/s1. The first kappa shape index (κ1) is 112. The third-order valence-corrected chi connectivity index (χ3v) is 20.8. The van der Waals surface area contributed by atoms with E-state index < -0.39 is 157 Å². The number of hydrogen-bond acceptors (Lipinski definition) is 39. The van der Waals surface area contributed by atoms with E-state index in [1.807, 2.05) is 0 Å². The van der Waals surface area contributed by atoms with Crippen molar-refractivity contribution in [2.24, 2.45) is 43.6 Å². The number of hydrogen-bond donors (Lipinski definition) is 22. The van der Waals surface area contributed by atoms with E-state index >= 15 is 0 Å². The SMILES string of the molecule is CC(=O)N[C@@H]1[C@@H](O)[C@@H](O)[C@@H](CO)O[C@H]1N=CC(COCCOCCOCCNC(=O)CCC(CCC(=O)NCCOCCOCCOCC(C=N[C@@H]1O[C@H](CO)[C@H](O)[C@H](O)[C@H]1NC(C)=O)=NN)(CCC(=O)NCCOCCOCCOC/C(=C/NC1C[C@H](CO)[C@H](O)[C@H](O)[C@H]1NC(C)=O)NN)NC(=O)CCCCCCCCCCC(=O)NCCN1C(=O)C=CC1=O)=NN. The number of carbonyl (C=O) groups excluding carboxylic acids is 10. The van der Waals surface area contributed by atoms with Crippen LogP contribution in [0, 0.1) is 5.92 Å². The Morgan fingerprint density at radius 1 is 0.453 bits per heavy atom. The van der Waals surface area contributed by atoms with Crippen LogP contribution in [0.5, 0.6) is 0 Å². The average molecular weight is 1830 g/mol. The number of nitrogens with one attached hydrogen (secondary N) is 10. The Balaban J connectivity index is 1.32. The van der Waals surface area contributed by atoms with Gasteiger partial charge in [0.15, 0.2) is 12.5 Å². The highest BCUT2D eigenvalue weighted by Gasteiger charge is 2.47. The van der Waals surface area contributed by atoms with Gasteiger partial charge in [0.2, 0.25) is 47.3 Å². The van der Waals surface area contributed by atoms with Crippen molar-refractivity contribution in [3.05, 3.63) is 24.0 Å². The number of nitrogens with zero attached hydrogens (tertiary/aromatic N) is 5. The highest BCUT2D eigenvalue weighted by molar-refractivity contribution is 6.31. The van der Waals surface area contributed by atoms with Gasteiger partial charge in [-0.3, -0.25) is 68.7 Å². The smallest absolute Gasteiger partial charge is 0.253 e. The summed E-state index contributed by atoms with van der Waals surface area (Å²) < 4.78 is 62.1. The van der Waals surface area contributed by atoms with Gasteiger partial charge in [-0.15, -0.1) is 0 Å². The van der Waals surface area contributed by atoms with Crippen LogP contribution in [0.15, 0.2) is 44.2 Å². The molecule has 15 atom stereocenters. The normalized spacial score (nSPS) is 23.8. The maximum Gasteiger partial charge on any atom is 0.253 e. The van der Waals surface area contributed by atoms with E-state index in [0.29, 0.717) is 31.4 Å². The number of unbranched alkanes of at least 4 members (excludes halogenated alkanes) is 7. The van der Waals surface area contributed by atoms with Crippen LogP contribution in [0.25, 0.3) is 0 Å². The number of nitrogens with two attached hydrogens (primary N) is 3. The molecular formula is C80H140N18O30. The lowest BCUT2D eigenvalue weighted by molar-refractivity contribution is -0.192. The van der Waals surface area contributed by atoms with Gasteiger partial charge >= 0.3 is 0 Å². The van der Waals surface area contributed by atoms with Crippen LogP contribution >= 0.6 is 0 Å². The van der Waals surface area contributed by atoms with Crippen molar-refractivity contribution in [1.29, 1.82) is 0 Å². The van der Waals surface area contributed by atoms with E-state index in [1.165, 1.54) is 51.6 Å². The molecule has 1 saturated carbocycles. The van der Waals surface area contributed by atoms with Crippen molar-refractivity contribution in [1.82, 2.24) is 58.2 Å². The third kappa shape index (κ3) is 45.3. The number of carbonyl (C=O) groups is 10. The number of hydrazine groups is 1. The lowest BCUT2D eigenvalue weighted by Gasteiger charge is -2.42. The summed E-state index contributed by atoms with van der Waals surface area (Å²) in [5.41, 5.74) is 1.97. The van der Waals surface area contributed by atoms with Gasteiger partial charge in [0.25, 0.3) is 11.8 Å². The number of amides is 10. The Kier molecular flexibility index (Phi) is 57.5. The average Bonchev–Trinajstić information content (AvgIpc) is 0.940. The van der Waals surface area contributed by atoms with Crippen molar-refractivity contribution < 1.29 is 146 Å². The molecule has 0 aromatic rings. The van der Waals surface area contributed by atoms with Crippen molar-refractivity contribution in [2.75, 3.05) is 171 Å². The maximum atomic E-state index is 14.2. The Bertz CT molecular complexity index is 3330. The highest BCUT2D eigenvalue weighted by Crippen LogP contribution is 2.29. The van der Waals surface area contributed by atoms with Crippen molar-refractivity contribution >= 4 is 82.9 Å². The van der Waals surface area contributed by atoms with E-state index in [4.69, 9.17) is 69.6 Å². The summed E-state index contributed by atoms with van der Waals surface area (Å²) in [5.74, 6) is 12.2. The Morgan fingerprint density at radius 2 is 0.805 bits per heavy atom. The lowest BCUT2D eigenvalue weighted by atomic mass is 9.78. The number of ether oxygens (including phenoxy) is 11. The lowest BCUT2D eigenvalue weighted by Crippen LogP contribution is -2.64. The van der Waals surface area contributed by atoms with Gasteiger partial charge in [-0.05, 0) is 38.5 Å². The molecule has 0 radical (unpaired) electrons. The summed E-state index contributed by atoms with van der Waals surface area (Å²) in [6.45, 7) is 4.40. The second-order valence-corrected chi connectivity index (χ2v) is 30.7. The quantitative estimate of drug-likeness (QED) is 0.00884. The fourth-order valence-electron chi connectivity index (χ4n) is 13.8. The summed E-state index contributed by atoms with van der Waals surface area (Å²) in [4.78, 5) is 136. The molecule has 3 fully saturated rings. The maximum absolute atomic E-state index is 14.2. The summed E-state index contributed by atoms with van der Waals surface area (Å²) in [6.07, 6.45) is -0.502. The molecule has 1 unspecified atom stereocenters. The molecule has 730 valence electrons. The second-order valence-electron chi connectivity index (χ2n) is 30.7. The molecule has 10 amide bonds. The molecule has 0 bridgehead atoms. The monoisotopic (exact) mass is 1830 g/mol. The minimum absolute atomic E-state index is 0.0205. The van der Waals surface area contributed by atoms with Crippen LogP contribution in [0.1, 0.15) is 130 Å². The van der Waals surface area contributed by atoms with E-state index in [9.17, 15) is 93.9 Å². The molecule has 128 heavy (non-hydrogen) atoms. The first-order valence-electron chi connectivity index (χ1n) is 43.3. The van der Waals surface area contributed by atoms with Gasteiger partial charge in [0.1, 0.15) is 66.2 Å². The first-order chi connectivity index (χ1) is 61.6. The second kappa shape index (κ2) is 65.9. The Labute approximate surface area is 744 Å². The van der Waals surface area contributed by atoms with Crippen LogP contribution < -0.4 is 70.8 Å². The highest BCUT2D eigenvalue weighted by atomic mass is 16.6. The molecular weight excluding hydrogens is 1690 g/mol. The molecule has 3 aliphatic heterocycles. The summed E-state index contributed by atoms with van der Waals surface area (Å²) in [6, 6.07) is -3.72. The zero-order valence-electron chi connectivity index (χ0n) is 73.5. The largest absolute Gasteiger partial charge is 0.396 e. The van der Waals surface area contributed by atoms with E-state index in [-0.39, 0.29) is 233 Å². The number of aliphatic hydroxyl groups is 9. The molecule has 1 aliphatic carbocycles. The first-order valence-corrected chi connectivity index (χ1v) is 43.3. The molecule has 25 N–H and O–H groups in total. The molecule has 0 aromatic heterocycles. The van der Waals surface area contributed by atoms with Crippen LogP contribution in [0.3, 0.4) is 0 Å². The Morgan fingerprint density at radius 3 is 1.19 bits per heavy atom. The van der Waals surface area contributed by atoms with Crippen LogP contribution in [0.2, 0.25) is 0 Å². The molecule has 4 rings (SSSR count). The van der Waals surface area contributed by atoms with Gasteiger partial charge in [0, 0.05) is 128 Å². The topological polar surface area (TPSA) is 705 Å². The van der Waals surface area contributed by atoms with Crippen molar-refractivity contribution in [3.63, 3.8) is 0 Å². The van der Waals surface area contributed by atoms with Crippen LogP contribution in [-0.4, -0.2) is 396 Å². The molecule has 48 heteroatoms. The zero-order valence-corrected chi connectivity index (χ0v) is 73.5. The predicted octanol–water partition coefficient (Wildman–Crippen LogP) is -8.22. The molecule has 0 spiro atoms. The number of imide groups is 1. The van der Waals surface area contributed by atoms with Crippen molar-refractivity contribution in [2.45, 2.75) is 221 Å². The number of hydrazone groups is 2. The fourth-order valence-corrected chi connectivity index (χ4v) is 13.8. The van der Waals surface area contributed by atoms with Gasteiger partial charge in [-0.2, -0.15) is 10.2 Å². The minimum Gasteiger partial charge on any atom is -0.396 e. The molecule has 0 aromatic carbocycles. The van der Waals surface area contributed by atoms with Gasteiger partial charge in [-0.1, -0.05) is 38.5 Å². The number of aliphatic hydroxyl groups excluding tert-OH is 9. The summed E-state index contributed by atoms with van der Waals surface area (Å²) in [5, 5.41) is 124. The van der Waals surface area contributed by atoms with Crippen LogP contribution in [-0.2, 0) is 100 Å². The molecule has 3 heterocycles.